The van der Waals surface area contributed by atoms with Gasteiger partial charge in [0.05, 0.1) is 24.1 Å². The van der Waals surface area contributed by atoms with Gasteiger partial charge >= 0.3 is 0 Å². The first-order valence-electron chi connectivity index (χ1n) is 13.6. The minimum Gasteiger partial charge on any atom is -0.490 e. The van der Waals surface area contributed by atoms with Crippen molar-refractivity contribution in [3.8, 4) is 5.75 Å². The van der Waals surface area contributed by atoms with Gasteiger partial charge < -0.3 is 25.0 Å². The first kappa shape index (κ1) is 26.2. The average molecular weight is 521 g/mol. The molecule has 1 aromatic carbocycles. The van der Waals surface area contributed by atoms with Gasteiger partial charge in [-0.1, -0.05) is 12.8 Å². The number of aromatic nitrogens is 1. The summed E-state index contributed by atoms with van der Waals surface area (Å²) in [4.78, 5) is 44.3. The molecular formula is C29H36N4O5. The van der Waals surface area contributed by atoms with E-state index < -0.39 is 0 Å². The molecule has 1 saturated carbocycles. The van der Waals surface area contributed by atoms with E-state index in [-0.39, 0.29) is 54.9 Å². The molecule has 9 heteroatoms. The van der Waals surface area contributed by atoms with Crippen LogP contribution < -0.4 is 15.4 Å². The number of benzene rings is 1. The number of nitrogens with one attached hydrogen (secondary N) is 2. The quantitative estimate of drug-likeness (QED) is 0.580. The second-order valence-corrected chi connectivity index (χ2v) is 10.5. The SMILES string of the molecule is CN1C(=O)c2cc(NC(=O)C3CCCC3)ccc2OC[C@@H]2O[C@H](CC(=O)NCCc3ccncc3)CC[C@H]21. The molecule has 2 N–H and O–H groups in total. The van der Waals surface area contributed by atoms with Crippen LogP contribution in [0.15, 0.2) is 42.7 Å². The Morgan fingerprint density at radius 1 is 1.08 bits per heavy atom. The van der Waals surface area contributed by atoms with Crippen molar-refractivity contribution in [2.24, 2.45) is 5.92 Å². The Morgan fingerprint density at radius 3 is 2.66 bits per heavy atom. The molecule has 2 aliphatic heterocycles. The second-order valence-electron chi connectivity index (χ2n) is 10.5. The van der Waals surface area contributed by atoms with Gasteiger partial charge in [0, 0.05) is 37.6 Å². The Morgan fingerprint density at radius 2 is 1.87 bits per heavy atom. The van der Waals surface area contributed by atoms with Gasteiger partial charge in [0.1, 0.15) is 18.5 Å². The van der Waals surface area contributed by atoms with Crippen molar-refractivity contribution in [3.63, 3.8) is 0 Å². The molecule has 1 saturated heterocycles. The summed E-state index contributed by atoms with van der Waals surface area (Å²) >= 11 is 0. The van der Waals surface area contributed by atoms with Crippen LogP contribution in [0.5, 0.6) is 5.75 Å². The molecule has 5 rings (SSSR count). The smallest absolute Gasteiger partial charge is 0.257 e. The zero-order chi connectivity index (χ0) is 26.5. The minimum atomic E-state index is -0.331. The lowest BCUT2D eigenvalue weighted by molar-refractivity contribution is -0.134. The van der Waals surface area contributed by atoms with Crippen molar-refractivity contribution >= 4 is 23.4 Å². The number of hydrogen-bond donors (Lipinski definition) is 2. The molecule has 1 aliphatic carbocycles. The van der Waals surface area contributed by atoms with Gasteiger partial charge in [-0.3, -0.25) is 19.4 Å². The van der Waals surface area contributed by atoms with Crippen molar-refractivity contribution in [1.82, 2.24) is 15.2 Å². The van der Waals surface area contributed by atoms with Crippen molar-refractivity contribution in [2.45, 2.75) is 69.6 Å². The zero-order valence-corrected chi connectivity index (χ0v) is 21.9. The number of anilines is 1. The van der Waals surface area contributed by atoms with Crippen LogP contribution in [0.4, 0.5) is 5.69 Å². The first-order valence-corrected chi connectivity index (χ1v) is 13.6. The van der Waals surface area contributed by atoms with E-state index in [1.165, 1.54) is 0 Å². The normalized spacial score (nSPS) is 23.4. The summed E-state index contributed by atoms with van der Waals surface area (Å²) in [6, 6.07) is 8.95. The van der Waals surface area contributed by atoms with Gasteiger partial charge in [0.15, 0.2) is 0 Å². The molecule has 0 spiro atoms. The molecule has 0 bridgehead atoms. The van der Waals surface area contributed by atoms with E-state index in [2.05, 4.69) is 15.6 Å². The maximum absolute atomic E-state index is 13.4. The van der Waals surface area contributed by atoms with Gasteiger partial charge in [-0.2, -0.15) is 0 Å². The number of rotatable bonds is 7. The summed E-state index contributed by atoms with van der Waals surface area (Å²) in [6.45, 7) is 0.838. The van der Waals surface area contributed by atoms with Crippen molar-refractivity contribution < 1.29 is 23.9 Å². The Kier molecular flexibility index (Phi) is 8.22. The van der Waals surface area contributed by atoms with Gasteiger partial charge in [0.2, 0.25) is 11.8 Å². The third-order valence-corrected chi connectivity index (χ3v) is 7.90. The summed E-state index contributed by atoms with van der Waals surface area (Å²) in [5.74, 6) is 0.323. The predicted molar refractivity (Wildman–Crippen MR) is 142 cm³/mol. The average Bonchev–Trinajstić information content (AvgIpc) is 3.47. The third kappa shape index (κ3) is 6.15. The molecule has 1 aromatic heterocycles. The summed E-state index contributed by atoms with van der Waals surface area (Å²) < 4.78 is 12.3. The lowest BCUT2D eigenvalue weighted by Gasteiger charge is -2.42. The highest BCUT2D eigenvalue weighted by molar-refractivity contribution is 6.00. The van der Waals surface area contributed by atoms with Crippen LogP contribution in [0, 0.1) is 5.92 Å². The van der Waals surface area contributed by atoms with Gasteiger partial charge in [0.25, 0.3) is 5.91 Å². The van der Waals surface area contributed by atoms with E-state index >= 15 is 0 Å². The van der Waals surface area contributed by atoms with E-state index in [0.29, 0.717) is 30.0 Å². The third-order valence-electron chi connectivity index (χ3n) is 7.90. The topological polar surface area (TPSA) is 110 Å². The van der Waals surface area contributed by atoms with Gasteiger partial charge in [-0.25, -0.2) is 0 Å². The molecule has 2 fully saturated rings. The number of carbonyl (C=O) groups is 3. The van der Waals surface area contributed by atoms with Crippen LogP contribution in [0.3, 0.4) is 0 Å². The molecule has 38 heavy (non-hydrogen) atoms. The fraction of sp³-hybridized carbons (Fsp3) is 0.517. The maximum atomic E-state index is 13.4. The van der Waals surface area contributed by atoms with E-state index in [9.17, 15) is 14.4 Å². The standard InChI is InChI=1S/C29H36N4O5/c1-33-24-8-7-22(17-27(34)31-15-12-19-10-13-30-14-11-19)38-26(24)18-37-25-9-6-21(16-23(25)29(33)36)32-28(35)20-4-2-3-5-20/h6,9-11,13-14,16,20,22,24,26H,2-5,7-8,12,15,17-18H2,1H3,(H,31,34)(H,32,35)/t22-,24+,26-/m0/s1. The van der Waals surface area contributed by atoms with Gasteiger partial charge in [-0.05, 0) is 68.0 Å². The lowest BCUT2D eigenvalue weighted by Crippen LogP contribution is -2.54. The number of fused-ring (bicyclic) bond motifs is 2. The first-order chi connectivity index (χ1) is 18.5. The Balaban J connectivity index is 1.17. The molecule has 2 aromatic rings. The highest BCUT2D eigenvalue weighted by Crippen LogP contribution is 2.33. The number of carbonyl (C=O) groups excluding carboxylic acids is 3. The van der Waals surface area contributed by atoms with Gasteiger partial charge in [-0.15, -0.1) is 0 Å². The van der Waals surface area contributed by atoms with Crippen LogP contribution >= 0.6 is 0 Å². The molecule has 3 amide bonds. The Labute approximate surface area is 223 Å². The minimum absolute atomic E-state index is 0.0169. The highest BCUT2D eigenvalue weighted by Gasteiger charge is 2.39. The number of ether oxygens (including phenoxy) is 2. The van der Waals surface area contributed by atoms with E-state index in [1.807, 2.05) is 12.1 Å². The highest BCUT2D eigenvalue weighted by atomic mass is 16.5. The van der Waals surface area contributed by atoms with E-state index in [4.69, 9.17) is 9.47 Å². The summed E-state index contributed by atoms with van der Waals surface area (Å²) in [6.07, 6.45) is 9.36. The van der Waals surface area contributed by atoms with Crippen molar-refractivity contribution in [1.29, 1.82) is 0 Å². The maximum Gasteiger partial charge on any atom is 0.257 e. The fourth-order valence-corrected chi connectivity index (χ4v) is 5.71. The molecule has 3 heterocycles. The summed E-state index contributed by atoms with van der Waals surface area (Å²) in [5, 5.41) is 5.95. The van der Waals surface area contributed by atoms with Crippen molar-refractivity contribution in [3.05, 3.63) is 53.9 Å². The van der Waals surface area contributed by atoms with Crippen LogP contribution in [0.1, 0.15) is 60.9 Å². The number of amides is 3. The Hall–Kier alpha value is -3.46. The molecular weight excluding hydrogens is 484 g/mol. The van der Waals surface area contributed by atoms with Crippen LogP contribution in [-0.2, 0) is 20.7 Å². The van der Waals surface area contributed by atoms with Crippen LogP contribution in [0.25, 0.3) is 0 Å². The Bertz CT molecular complexity index is 1150. The molecule has 3 aliphatic rings. The molecule has 0 radical (unpaired) electrons. The number of likely N-dealkylation sites (N-methyl/N-ethyl adjacent to an activating group) is 1. The number of hydrogen-bond acceptors (Lipinski definition) is 6. The largest absolute Gasteiger partial charge is 0.490 e. The molecule has 202 valence electrons. The monoisotopic (exact) mass is 520 g/mol. The fourth-order valence-electron chi connectivity index (χ4n) is 5.71. The molecule has 9 nitrogen and oxygen atoms in total. The molecule has 0 unspecified atom stereocenters. The molecule has 3 atom stereocenters. The second kappa shape index (κ2) is 11.9. The summed E-state index contributed by atoms with van der Waals surface area (Å²) in [7, 11) is 1.79. The van der Waals surface area contributed by atoms with E-state index in [1.54, 1.807) is 42.5 Å². The predicted octanol–water partition coefficient (Wildman–Crippen LogP) is 3.34. The van der Waals surface area contributed by atoms with Crippen LogP contribution in [0.2, 0.25) is 0 Å². The van der Waals surface area contributed by atoms with E-state index in [0.717, 1.165) is 44.1 Å². The van der Waals surface area contributed by atoms with Crippen molar-refractivity contribution in [2.75, 3.05) is 25.5 Å². The number of pyridine rings is 1. The summed E-state index contributed by atoms with van der Waals surface area (Å²) in [5.41, 5.74) is 2.17. The number of nitrogens with zero attached hydrogens (tertiary/aromatic N) is 2. The van der Waals surface area contributed by atoms with Crippen LogP contribution in [-0.4, -0.2) is 66.1 Å². The lowest BCUT2D eigenvalue weighted by atomic mass is 9.94. The zero-order valence-electron chi connectivity index (χ0n) is 21.9.